The number of likely N-dealkylation sites (tertiary alicyclic amines) is 1. The number of carbonyl (C=O) groups excluding carboxylic acids is 9. The lowest BCUT2D eigenvalue weighted by Crippen LogP contribution is -2.47. The zero-order chi connectivity index (χ0) is 68.8. The molecule has 95 heavy (non-hydrogen) atoms. The van der Waals surface area contributed by atoms with Crippen LogP contribution in [0.5, 0.6) is 5.75 Å². The van der Waals surface area contributed by atoms with E-state index in [4.69, 9.17) is 33.5 Å². The van der Waals surface area contributed by atoms with Crippen molar-refractivity contribution < 1.29 is 81.5 Å². The molecule has 0 radical (unpaired) electrons. The van der Waals surface area contributed by atoms with Crippen molar-refractivity contribution in [2.75, 3.05) is 77.8 Å². The van der Waals surface area contributed by atoms with Crippen molar-refractivity contribution >= 4 is 91.9 Å². The Kier molecular flexibility index (Phi) is 32.2. The van der Waals surface area contributed by atoms with Gasteiger partial charge in [0.1, 0.15) is 59.3 Å². The van der Waals surface area contributed by atoms with Crippen LogP contribution in [0.2, 0.25) is 0 Å². The van der Waals surface area contributed by atoms with Crippen LogP contribution in [0.25, 0.3) is 10.9 Å². The molecule has 0 bridgehead atoms. The summed E-state index contributed by atoms with van der Waals surface area (Å²) in [6.45, 7) is 9.05. The van der Waals surface area contributed by atoms with Gasteiger partial charge in [0.05, 0.1) is 45.2 Å². The van der Waals surface area contributed by atoms with Crippen molar-refractivity contribution in [2.45, 2.75) is 212 Å². The number of aliphatic carboxylic acids is 1. The Labute approximate surface area is 564 Å². The summed E-state index contributed by atoms with van der Waals surface area (Å²) < 4.78 is 34.9. The van der Waals surface area contributed by atoms with Gasteiger partial charge in [-0.05, 0) is 118 Å². The van der Waals surface area contributed by atoms with E-state index in [9.17, 15) is 47.9 Å². The first-order valence-corrected chi connectivity index (χ1v) is 34.4. The molecule has 6 rings (SSSR count). The number of esters is 1. The largest absolute Gasteiger partial charge is 0.481 e. The molecule has 1 aromatic carbocycles. The van der Waals surface area contributed by atoms with Crippen molar-refractivity contribution in [2.24, 2.45) is 5.41 Å². The van der Waals surface area contributed by atoms with Gasteiger partial charge in [-0.15, -0.1) is 0 Å². The number of rotatable bonds is 47. The molecule has 3 aliphatic rings. The second kappa shape index (κ2) is 39.8. The average Bonchev–Trinajstić information content (AvgIpc) is 1.54. The molecule has 3 heterocycles. The standard InChI is InChI=1S/C67H99BrN10O17/c1-45-22-28-54(68)74-62(45)75-63(87)52-39-67(40-53(67)78(52)59(84)41-77-51-27-25-48(94-65(89)72-47-23-24-47)38-49(51)61(76-77)46(2)79)44-71-58(83)43-93-37-35-91-33-31-70-57(82)42-92-36-34-90-32-30-69-55(80)29-26-50(64(88)95-66(3,4)5)73-56(81)20-18-16-14-12-10-8-6-7-9-11-13-15-17-19-21-60(85)86/h22,25,27-28,38,47,50,52-53H,6-21,23-24,26,29-37,39-44H2,1-5H3,(H,69,80)(H,70,82)(H,71,83)(H,72,89)(H,73,81)(H,85,86)(H,74,75,87)/t50-,52-,53+,67-/m0/s1. The van der Waals surface area contributed by atoms with Crippen LogP contribution in [0.4, 0.5) is 10.6 Å². The molecular weight excluding hydrogens is 1300 g/mol. The fraction of sp³-hybridized carbons (Fsp3) is 0.672. The Morgan fingerprint density at radius 3 is 1.86 bits per heavy atom. The first-order chi connectivity index (χ1) is 45.5. The highest BCUT2D eigenvalue weighted by atomic mass is 79.9. The maximum Gasteiger partial charge on any atom is 0.412 e. The quantitative estimate of drug-likeness (QED) is 0.0126. The predicted molar refractivity (Wildman–Crippen MR) is 354 cm³/mol. The van der Waals surface area contributed by atoms with E-state index in [-0.39, 0.29) is 152 Å². The number of ketones is 1. The Balaban J connectivity index is 0.786. The Morgan fingerprint density at radius 1 is 0.695 bits per heavy atom. The van der Waals surface area contributed by atoms with Gasteiger partial charge in [0.15, 0.2) is 5.78 Å². The second-order valence-electron chi connectivity index (χ2n) is 25.8. The highest BCUT2D eigenvalue weighted by molar-refractivity contribution is 9.10. The van der Waals surface area contributed by atoms with E-state index in [1.165, 1.54) is 56.2 Å². The van der Waals surface area contributed by atoms with Gasteiger partial charge in [0.2, 0.25) is 35.4 Å². The van der Waals surface area contributed by atoms with Crippen LogP contribution in [0.3, 0.4) is 0 Å². The fourth-order valence-electron chi connectivity index (χ4n) is 11.2. The summed E-state index contributed by atoms with van der Waals surface area (Å²) in [7, 11) is 0. The number of aromatic nitrogens is 3. The van der Waals surface area contributed by atoms with Crippen LogP contribution in [0, 0.1) is 12.3 Å². The fourth-order valence-corrected chi connectivity index (χ4v) is 11.6. The van der Waals surface area contributed by atoms with E-state index in [2.05, 4.69) is 57.9 Å². The number of nitrogens with zero attached hydrogens (tertiary/aromatic N) is 4. The number of anilines is 1. The lowest BCUT2D eigenvalue weighted by atomic mass is 9.99. The third-order valence-electron chi connectivity index (χ3n) is 16.5. The van der Waals surface area contributed by atoms with Crippen molar-refractivity contribution in [1.29, 1.82) is 0 Å². The molecule has 4 atom stereocenters. The number of aryl methyl sites for hydroxylation is 1. The Morgan fingerprint density at radius 2 is 1.27 bits per heavy atom. The van der Waals surface area contributed by atoms with Gasteiger partial charge in [-0.3, -0.25) is 43.0 Å². The number of fused-ring (bicyclic) bond motifs is 2. The summed E-state index contributed by atoms with van der Waals surface area (Å²) in [5, 5.41) is 30.4. The van der Waals surface area contributed by atoms with E-state index >= 15 is 0 Å². The SMILES string of the molecule is CC(=O)c1nn(CC(=O)N2[C@H](C(=O)Nc3nc(Br)ccc3C)C[C@@]3(CNC(=O)COCCOCCNC(=O)COCCOCCNC(=O)CC[C@H](NC(=O)CCCCCCCCCCCCCCCCC(=O)O)C(=O)OC(C)(C)C)C[C@@H]23)c2ccc(OC(=O)NC3CC3)cc12. The van der Waals surface area contributed by atoms with Crippen molar-refractivity contribution in [3.63, 3.8) is 0 Å². The zero-order valence-corrected chi connectivity index (χ0v) is 57.5. The predicted octanol–water partition coefficient (Wildman–Crippen LogP) is 7.30. The number of carboxylic acid groups (broad SMARTS) is 1. The number of halogens is 1. The number of unbranched alkanes of at least 4 members (excludes halogenated alkanes) is 13. The number of hydrogen-bond donors (Lipinski definition) is 7. The third kappa shape index (κ3) is 28.2. The number of ether oxygens (including phenoxy) is 6. The molecular formula is C67H99BrN10O17. The lowest BCUT2D eigenvalue weighted by Gasteiger charge is -2.27. The van der Waals surface area contributed by atoms with Gasteiger partial charge < -0.3 is 70.3 Å². The minimum Gasteiger partial charge on any atom is -0.481 e. The van der Waals surface area contributed by atoms with Crippen molar-refractivity contribution in [3.8, 4) is 5.75 Å². The number of pyridine rings is 1. The van der Waals surface area contributed by atoms with E-state index in [1.807, 2.05) is 0 Å². The smallest absolute Gasteiger partial charge is 0.412 e. The maximum atomic E-state index is 14.4. The van der Waals surface area contributed by atoms with Gasteiger partial charge in [0.25, 0.3) is 0 Å². The number of hydrogen-bond acceptors (Lipinski definition) is 18. The summed E-state index contributed by atoms with van der Waals surface area (Å²) >= 11 is 3.36. The van der Waals surface area contributed by atoms with Gasteiger partial charge >= 0.3 is 18.0 Å². The molecule has 3 fully saturated rings. The highest BCUT2D eigenvalue weighted by Crippen LogP contribution is 2.59. The molecule has 2 aromatic heterocycles. The summed E-state index contributed by atoms with van der Waals surface area (Å²) in [5.41, 5.74) is -0.129. The van der Waals surface area contributed by atoms with Crippen LogP contribution < -0.4 is 36.6 Å². The monoisotopic (exact) mass is 1390 g/mol. The summed E-state index contributed by atoms with van der Waals surface area (Å²) in [4.78, 5) is 134. The molecule has 2 saturated carbocycles. The molecule has 1 saturated heterocycles. The maximum absolute atomic E-state index is 14.4. The van der Waals surface area contributed by atoms with Crippen LogP contribution in [-0.2, 0) is 68.6 Å². The van der Waals surface area contributed by atoms with Gasteiger partial charge in [-0.25, -0.2) is 14.6 Å². The third-order valence-corrected chi connectivity index (χ3v) is 16.9. The van der Waals surface area contributed by atoms with E-state index < -0.39 is 64.9 Å². The number of carboxylic acids is 1. The molecule has 7 amide bonds. The molecule has 7 N–H and O–H groups in total. The summed E-state index contributed by atoms with van der Waals surface area (Å²) in [6, 6.07) is 6.05. The van der Waals surface area contributed by atoms with Crippen LogP contribution in [-0.4, -0.2) is 186 Å². The van der Waals surface area contributed by atoms with E-state index in [0.717, 1.165) is 57.8 Å². The van der Waals surface area contributed by atoms with E-state index in [0.29, 0.717) is 39.7 Å². The number of benzene rings is 1. The van der Waals surface area contributed by atoms with Gasteiger partial charge in [-0.1, -0.05) is 83.1 Å². The lowest BCUT2D eigenvalue weighted by molar-refractivity contribution is -0.159. The first kappa shape index (κ1) is 76.9. The van der Waals surface area contributed by atoms with Crippen LogP contribution in [0.1, 0.15) is 185 Å². The molecule has 27 nitrogen and oxygen atoms in total. The second-order valence-corrected chi connectivity index (χ2v) is 26.6. The molecule has 0 spiro atoms. The van der Waals surface area contributed by atoms with Gasteiger partial charge in [-0.2, -0.15) is 5.10 Å². The minimum absolute atomic E-state index is 0.0176. The number of amides is 7. The van der Waals surface area contributed by atoms with Crippen LogP contribution >= 0.6 is 15.9 Å². The molecule has 1 aliphatic heterocycles. The van der Waals surface area contributed by atoms with Crippen LogP contribution in [0.15, 0.2) is 34.9 Å². The summed E-state index contributed by atoms with van der Waals surface area (Å²) in [5.74, 6) is -3.36. The van der Waals surface area contributed by atoms with E-state index in [1.54, 1.807) is 56.9 Å². The Hall–Kier alpha value is -7.14. The number of carbonyl (C=O) groups is 10. The molecule has 2 aliphatic carbocycles. The molecule has 3 aromatic rings. The number of Topliss-reactive ketones (excluding diaryl/α,β-unsaturated/α-hetero) is 1. The molecule has 0 unspecified atom stereocenters. The Bertz CT molecular complexity index is 3060. The summed E-state index contributed by atoms with van der Waals surface area (Å²) in [6.07, 6.45) is 17.5. The average molecular weight is 1400 g/mol. The molecule has 526 valence electrons. The minimum atomic E-state index is -0.968. The number of nitrogens with one attached hydrogen (secondary N) is 6. The highest BCUT2D eigenvalue weighted by Gasteiger charge is 2.67. The zero-order valence-electron chi connectivity index (χ0n) is 55.9. The first-order valence-electron chi connectivity index (χ1n) is 33.6. The van der Waals surface area contributed by atoms with Crippen molar-refractivity contribution in [1.82, 2.24) is 46.2 Å². The number of piperidine rings is 1. The topological polar surface area (TPSA) is 352 Å². The van der Waals surface area contributed by atoms with Gasteiger partial charge in [0, 0.05) is 68.7 Å². The van der Waals surface area contributed by atoms with Crippen molar-refractivity contribution in [3.05, 3.63) is 46.2 Å². The normalized spacial score (nSPS) is 16.7. The molecule has 28 heteroatoms.